The largest absolute Gasteiger partial charge is 0.496 e. The monoisotopic (exact) mass is 252 g/mol. The Morgan fingerprint density at radius 3 is 2.44 bits per heavy atom. The first-order chi connectivity index (χ1) is 8.38. The number of carboxylic acids is 1. The van der Waals surface area contributed by atoms with Gasteiger partial charge >= 0.3 is 5.97 Å². The number of methoxy groups -OCH3 is 1. The maximum Gasteiger partial charge on any atom is 0.320 e. The van der Waals surface area contributed by atoms with Crippen LogP contribution in [0.3, 0.4) is 0 Å². The van der Waals surface area contributed by atoms with E-state index in [2.05, 4.69) is 0 Å². The van der Waals surface area contributed by atoms with Crippen LogP contribution in [0.2, 0.25) is 0 Å². The first kappa shape index (κ1) is 14.5. The molecule has 1 rings (SSSR count). The summed E-state index contributed by atoms with van der Waals surface area (Å²) in [5.41, 5.74) is 14.4. The first-order valence-corrected chi connectivity index (χ1v) is 5.76. The van der Waals surface area contributed by atoms with E-state index in [0.29, 0.717) is 0 Å². The van der Waals surface area contributed by atoms with Gasteiger partial charge in [-0.3, -0.25) is 4.79 Å². The van der Waals surface area contributed by atoms with Crippen LogP contribution in [-0.2, 0) is 4.79 Å². The highest BCUT2D eigenvalue weighted by atomic mass is 16.5. The Balaban J connectivity index is 2.96. The van der Waals surface area contributed by atoms with E-state index in [1.54, 1.807) is 7.11 Å². The van der Waals surface area contributed by atoms with Gasteiger partial charge in [-0.05, 0) is 43.0 Å². The molecule has 5 heteroatoms. The predicted octanol–water partition coefficient (Wildman–Crippen LogP) is 1.11. The zero-order chi connectivity index (χ0) is 13.9. The van der Waals surface area contributed by atoms with Gasteiger partial charge in [0, 0.05) is 6.04 Å². The van der Waals surface area contributed by atoms with Gasteiger partial charge < -0.3 is 21.3 Å². The third-order valence-corrected chi connectivity index (χ3v) is 3.22. The van der Waals surface area contributed by atoms with Gasteiger partial charge in [0.25, 0.3) is 0 Å². The van der Waals surface area contributed by atoms with Crippen LogP contribution >= 0.6 is 0 Å². The Morgan fingerprint density at radius 2 is 1.94 bits per heavy atom. The number of nitrogens with two attached hydrogens (primary N) is 2. The molecule has 0 aromatic heterocycles. The summed E-state index contributed by atoms with van der Waals surface area (Å²) in [5.74, 6) is -0.237. The molecular formula is C13H20N2O3. The van der Waals surface area contributed by atoms with Crippen molar-refractivity contribution in [3.05, 3.63) is 28.8 Å². The van der Waals surface area contributed by atoms with Crippen molar-refractivity contribution in [1.82, 2.24) is 0 Å². The number of rotatable bonds is 5. The third kappa shape index (κ3) is 3.00. The van der Waals surface area contributed by atoms with E-state index in [4.69, 9.17) is 21.3 Å². The van der Waals surface area contributed by atoms with Gasteiger partial charge in [0.05, 0.1) is 7.11 Å². The molecule has 2 unspecified atom stereocenters. The lowest BCUT2D eigenvalue weighted by Gasteiger charge is -2.19. The highest BCUT2D eigenvalue weighted by molar-refractivity contribution is 5.73. The number of ether oxygens (including phenoxy) is 1. The fourth-order valence-corrected chi connectivity index (χ4v) is 1.94. The van der Waals surface area contributed by atoms with Crippen LogP contribution in [0.4, 0.5) is 0 Å². The maximum atomic E-state index is 10.7. The average molecular weight is 252 g/mol. The second kappa shape index (κ2) is 5.84. The lowest BCUT2D eigenvalue weighted by atomic mass is 9.93. The van der Waals surface area contributed by atoms with Gasteiger partial charge in [-0.15, -0.1) is 0 Å². The summed E-state index contributed by atoms with van der Waals surface area (Å²) in [7, 11) is 1.61. The Hall–Kier alpha value is -1.59. The minimum absolute atomic E-state index is 0.210. The van der Waals surface area contributed by atoms with E-state index in [1.807, 2.05) is 26.0 Å². The molecule has 0 bridgehead atoms. The highest BCUT2D eigenvalue weighted by Gasteiger charge is 2.19. The molecule has 5 N–H and O–H groups in total. The molecule has 0 saturated heterocycles. The Morgan fingerprint density at radius 1 is 1.33 bits per heavy atom. The SMILES string of the molecule is COc1ccc(C(N)CC(N)C(=O)O)c(C)c1C. The van der Waals surface area contributed by atoms with Crippen LogP contribution in [0.1, 0.15) is 29.2 Å². The number of aliphatic carboxylic acids is 1. The summed E-state index contributed by atoms with van der Waals surface area (Å²) in [5, 5.41) is 8.78. The van der Waals surface area contributed by atoms with Gasteiger partial charge in [0.1, 0.15) is 11.8 Å². The molecule has 0 saturated carbocycles. The van der Waals surface area contributed by atoms with Crippen molar-refractivity contribution in [3.63, 3.8) is 0 Å². The van der Waals surface area contributed by atoms with Crippen LogP contribution in [0.15, 0.2) is 12.1 Å². The third-order valence-electron chi connectivity index (χ3n) is 3.22. The van der Waals surface area contributed by atoms with Crippen LogP contribution in [-0.4, -0.2) is 24.2 Å². The van der Waals surface area contributed by atoms with Crippen LogP contribution in [0.25, 0.3) is 0 Å². The van der Waals surface area contributed by atoms with Gasteiger partial charge in [0.15, 0.2) is 0 Å². The molecular weight excluding hydrogens is 232 g/mol. The van der Waals surface area contributed by atoms with E-state index >= 15 is 0 Å². The van der Waals surface area contributed by atoms with Crippen LogP contribution in [0, 0.1) is 13.8 Å². The molecule has 0 aliphatic rings. The summed E-state index contributed by atoms with van der Waals surface area (Å²) >= 11 is 0. The second-order valence-electron chi connectivity index (χ2n) is 4.39. The van der Waals surface area contributed by atoms with E-state index in [0.717, 1.165) is 22.4 Å². The Bertz CT molecular complexity index is 446. The molecule has 1 aromatic carbocycles. The van der Waals surface area contributed by atoms with Crippen molar-refractivity contribution in [2.75, 3.05) is 7.11 Å². The van der Waals surface area contributed by atoms with Crippen molar-refractivity contribution in [2.45, 2.75) is 32.4 Å². The van der Waals surface area contributed by atoms with Gasteiger partial charge in [-0.1, -0.05) is 6.07 Å². The van der Waals surface area contributed by atoms with E-state index in [1.165, 1.54) is 0 Å². The summed E-state index contributed by atoms with van der Waals surface area (Å²) < 4.78 is 5.22. The fourth-order valence-electron chi connectivity index (χ4n) is 1.94. The number of benzene rings is 1. The number of carboxylic acid groups (broad SMARTS) is 1. The molecule has 5 nitrogen and oxygen atoms in total. The number of hydrogen-bond acceptors (Lipinski definition) is 4. The average Bonchev–Trinajstić information content (AvgIpc) is 2.32. The maximum absolute atomic E-state index is 10.7. The highest BCUT2D eigenvalue weighted by Crippen LogP contribution is 2.28. The zero-order valence-corrected chi connectivity index (χ0v) is 10.9. The molecule has 0 fully saturated rings. The lowest BCUT2D eigenvalue weighted by molar-refractivity contribution is -0.138. The van der Waals surface area contributed by atoms with Crippen LogP contribution < -0.4 is 16.2 Å². The van der Waals surface area contributed by atoms with Crippen molar-refractivity contribution < 1.29 is 14.6 Å². The van der Waals surface area contributed by atoms with Crippen molar-refractivity contribution >= 4 is 5.97 Å². The van der Waals surface area contributed by atoms with E-state index < -0.39 is 12.0 Å². The molecule has 0 aliphatic heterocycles. The van der Waals surface area contributed by atoms with E-state index in [9.17, 15) is 4.79 Å². The summed E-state index contributed by atoms with van der Waals surface area (Å²) in [6.07, 6.45) is 0.210. The zero-order valence-electron chi connectivity index (χ0n) is 10.9. The smallest absolute Gasteiger partial charge is 0.320 e. The minimum atomic E-state index is -1.03. The standard InChI is InChI=1S/C13H20N2O3/c1-7-8(2)12(18-3)5-4-9(7)10(14)6-11(15)13(16)17/h4-5,10-11H,6,14-15H2,1-3H3,(H,16,17). The minimum Gasteiger partial charge on any atom is -0.496 e. The van der Waals surface area contributed by atoms with Crippen molar-refractivity contribution in [1.29, 1.82) is 0 Å². The van der Waals surface area contributed by atoms with Crippen molar-refractivity contribution in [2.24, 2.45) is 11.5 Å². The molecule has 0 amide bonds. The lowest BCUT2D eigenvalue weighted by Crippen LogP contribution is -2.34. The van der Waals surface area contributed by atoms with E-state index in [-0.39, 0.29) is 12.5 Å². The second-order valence-corrected chi connectivity index (χ2v) is 4.39. The Labute approximate surface area is 107 Å². The topological polar surface area (TPSA) is 98.6 Å². The molecule has 0 heterocycles. The molecule has 0 aliphatic carbocycles. The van der Waals surface area contributed by atoms with Gasteiger partial charge in [-0.25, -0.2) is 0 Å². The first-order valence-electron chi connectivity index (χ1n) is 5.76. The molecule has 100 valence electrons. The molecule has 18 heavy (non-hydrogen) atoms. The molecule has 0 radical (unpaired) electrons. The summed E-state index contributed by atoms with van der Waals surface area (Å²) in [6, 6.07) is 2.37. The number of carbonyl (C=O) groups is 1. The van der Waals surface area contributed by atoms with Crippen molar-refractivity contribution in [3.8, 4) is 5.75 Å². The quantitative estimate of drug-likeness (QED) is 0.729. The summed E-state index contributed by atoms with van der Waals surface area (Å²) in [6.45, 7) is 3.89. The number of hydrogen-bond donors (Lipinski definition) is 3. The van der Waals surface area contributed by atoms with Crippen LogP contribution in [0.5, 0.6) is 5.75 Å². The fraction of sp³-hybridized carbons (Fsp3) is 0.462. The Kier molecular flexibility index (Phi) is 4.69. The normalized spacial score (nSPS) is 14.1. The van der Waals surface area contributed by atoms with Gasteiger partial charge in [0.2, 0.25) is 0 Å². The molecule has 0 spiro atoms. The predicted molar refractivity (Wildman–Crippen MR) is 69.6 cm³/mol. The summed E-state index contributed by atoms with van der Waals surface area (Å²) in [4.78, 5) is 10.7. The molecule has 2 atom stereocenters. The van der Waals surface area contributed by atoms with Gasteiger partial charge in [-0.2, -0.15) is 0 Å². The molecule has 1 aromatic rings.